The molecule has 0 fully saturated rings. The van der Waals surface area contributed by atoms with Crippen LogP contribution in [0.1, 0.15) is 11.3 Å². The van der Waals surface area contributed by atoms with Crippen molar-refractivity contribution in [3.05, 3.63) is 76.2 Å². The number of hydrogen-bond acceptors (Lipinski definition) is 6. The van der Waals surface area contributed by atoms with Crippen LogP contribution < -0.4 is 10.6 Å². The van der Waals surface area contributed by atoms with Gasteiger partial charge in [0.1, 0.15) is 17.8 Å². The molecule has 0 radical (unpaired) electrons. The summed E-state index contributed by atoms with van der Waals surface area (Å²) in [7, 11) is 3.94. The lowest BCUT2D eigenvalue weighted by atomic mass is 10.0. The molecule has 134 valence electrons. The van der Waals surface area contributed by atoms with Gasteiger partial charge in [-0.25, -0.2) is 9.97 Å². The van der Waals surface area contributed by atoms with Gasteiger partial charge in [-0.3, -0.25) is 10.1 Å². The predicted octanol–water partition coefficient (Wildman–Crippen LogP) is 3.10. The number of hydrogen-bond donors (Lipinski definition) is 1. The molecule has 0 atom stereocenters. The maximum Gasteiger partial charge on any atom is 0.270 e. The number of anilines is 2. The molecule has 7 heteroatoms. The first kappa shape index (κ1) is 17.9. The standard InChI is InChI=1S/C20H17N5O2/c1-24(2)16-9-6-14(7-10-16)8-11-18-19(20(21)23-13-22-18)15-4-3-5-17(12-15)25(26)27/h3-7,9-10,12-13H,1-2H3,(H2,21,22,23). The van der Waals surface area contributed by atoms with Crippen LogP contribution in [0.4, 0.5) is 17.2 Å². The number of nitrogens with zero attached hydrogens (tertiary/aromatic N) is 4. The second-order valence-electron chi connectivity index (χ2n) is 5.98. The minimum atomic E-state index is -0.457. The largest absolute Gasteiger partial charge is 0.383 e. The van der Waals surface area contributed by atoms with Gasteiger partial charge in [-0.2, -0.15) is 0 Å². The Bertz CT molecular complexity index is 1050. The Morgan fingerprint density at radius 2 is 1.81 bits per heavy atom. The van der Waals surface area contributed by atoms with Crippen LogP contribution in [-0.2, 0) is 0 Å². The minimum Gasteiger partial charge on any atom is -0.383 e. The average molecular weight is 359 g/mol. The molecular formula is C20H17N5O2. The second kappa shape index (κ2) is 7.54. The first-order chi connectivity index (χ1) is 13.0. The number of non-ortho nitro benzene ring substituents is 1. The van der Waals surface area contributed by atoms with Crippen molar-refractivity contribution in [3.63, 3.8) is 0 Å². The van der Waals surface area contributed by atoms with E-state index in [0.717, 1.165) is 11.3 Å². The molecule has 0 saturated carbocycles. The molecule has 0 aliphatic rings. The molecule has 0 amide bonds. The molecule has 0 saturated heterocycles. The highest BCUT2D eigenvalue weighted by Gasteiger charge is 2.14. The molecule has 3 aromatic rings. The van der Waals surface area contributed by atoms with Crippen LogP contribution in [-0.4, -0.2) is 29.0 Å². The fourth-order valence-electron chi connectivity index (χ4n) is 2.53. The van der Waals surface area contributed by atoms with Crippen molar-refractivity contribution >= 4 is 17.2 Å². The molecule has 27 heavy (non-hydrogen) atoms. The molecule has 1 heterocycles. The first-order valence-electron chi connectivity index (χ1n) is 8.10. The Morgan fingerprint density at radius 1 is 1.07 bits per heavy atom. The Labute approximate surface area is 156 Å². The zero-order chi connectivity index (χ0) is 19.4. The first-order valence-corrected chi connectivity index (χ1v) is 8.10. The van der Waals surface area contributed by atoms with E-state index in [0.29, 0.717) is 16.8 Å². The van der Waals surface area contributed by atoms with Gasteiger partial charge in [-0.05, 0) is 35.7 Å². The van der Waals surface area contributed by atoms with E-state index in [4.69, 9.17) is 5.73 Å². The number of benzene rings is 2. The molecule has 0 bridgehead atoms. The van der Waals surface area contributed by atoms with E-state index in [-0.39, 0.29) is 11.5 Å². The van der Waals surface area contributed by atoms with Gasteiger partial charge in [0.2, 0.25) is 0 Å². The summed E-state index contributed by atoms with van der Waals surface area (Å²) >= 11 is 0. The minimum absolute atomic E-state index is 0.0334. The summed E-state index contributed by atoms with van der Waals surface area (Å²) in [6.07, 6.45) is 1.33. The Balaban J connectivity index is 2.02. The van der Waals surface area contributed by atoms with Gasteiger partial charge in [0.25, 0.3) is 5.69 Å². The Morgan fingerprint density at radius 3 is 2.48 bits per heavy atom. The maximum absolute atomic E-state index is 11.1. The lowest BCUT2D eigenvalue weighted by molar-refractivity contribution is -0.384. The number of nitrogen functional groups attached to an aromatic ring is 1. The molecule has 2 aromatic carbocycles. The Hall–Kier alpha value is -3.92. The number of nitro benzene ring substituents is 1. The summed E-state index contributed by atoms with van der Waals surface area (Å²) < 4.78 is 0. The van der Waals surface area contributed by atoms with E-state index >= 15 is 0 Å². The van der Waals surface area contributed by atoms with E-state index in [9.17, 15) is 10.1 Å². The summed E-state index contributed by atoms with van der Waals surface area (Å²) in [5, 5.41) is 11.1. The molecule has 0 spiro atoms. The van der Waals surface area contributed by atoms with Crippen LogP contribution in [0, 0.1) is 22.0 Å². The third kappa shape index (κ3) is 4.02. The monoisotopic (exact) mass is 359 g/mol. The lowest BCUT2D eigenvalue weighted by Gasteiger charge is -2.11. The van der Waals surface area contributed by atoms with Gasteiger partial charge < -0.3 is 10.6 Å². The van der Waals surface area contributed by atoms with E-state index < -0.39 is 4.92 Å². The SMILES string of the molecule is CN(C)c1ccc(C#Cc2ncnc(N)c2-c2cccc([N+](=O)[O-])c2)cc1. The zero-order valence-corrected chi connectivity index (χ0v) is 14.9. The van der Waals surface area contributed by atoms with Crippen molar-refractivity contribution in [1.82, 2.24) is 9.97 Å². The van der Waals surface area contributed by atoms with Crippen LogP contribution in [0.5, 0.6) is 0 Å². The normalized spacial score (nSPS) is 10.0. The Kier molecular flexibility index (Phi) is 4.99. The van der Waals surface area contributed by atoms with Gasteiger partial charge >= 0.3 is 0 Å². The lowest BCUT2D eigenvalue weighted by Crippen LogP contribution is -2.07. The molecule has 1 aromatic heterocycles. The third-order valence-corrected chi connectivity index (χ3v) is 3.93. The van der Waals surface area contributed by atoms with E-state index in [1.165, 1.54) is 18.5 Å². The summed E-state index contributed by atoms with van der Waals surface area (Å²) in [6.45, 7) is 0. The second-order valence-corrected chi connectivity index (χ2v) is 5.98. The van der Waals surface area contributed by atoms with Gasteiger partial charge in [-0.15, -0.1) is 0 Å². The molecular weight excluding hydrogens is 342 g/mol. The van der Waals surface area contributed by atoms with Crippen LogP contribution in [0.3, 0.4) is 0 Å². The summed E-state index contributed by atoms with van der Waals surface area (Å²) in [4.78, 5) is 20.8. The average Bonchev–Trinajstić information content (AvgIpc) is 2.66. The van der Waals surface area contributed by atoms with Gasteiger partial charge in [0.05, 0.1) is 10.5 Å². The molecule has 0 aliphatic heterocycles. The van der Waals surface area contributed by atoms with Gasteiger partial charge in [-0.1, -0.05) is 18.1 Å². The van der Waals surface area contributed by atoms with Crippen LogP contribution in [0.25, 0.3) is 11.1 Å². The molecule has 2 N–H and O–H groups in total. The van der Waals surface area contributed by atoms with Crippen LogP contribution >= 0.6 is 0 Å². The fourth-order valence-corrected chi connectivity index (χ4v) is 2.53. The highest BCUT2D eigenvalue weighted by atomic mass is 16.6. The van der Waals surface area contributed by atoms with Crippen molar-refractivity contribution in [2.75, 3.05) is 24.7 Å². The van der Waals surface area contributed by atoms with Crippen molar-refractivity contribution in [3.8, 4) is 23.0 Å². The number of nitro groups is 1. The summed E-state index contributed by atoms with van der Waals surface area (Å²) in [5.41, 5.74) is 9.32. The van der Waals surface area contributed by atoms with E-state index in [1.807, 2.05) is 43.3 Å². The number of rotatable bonds is 3. The number of aromatic nitrogens is 2. The van der Waals surface area contributed by atoms with Crippen LogP contribution in [0.15, 0.2) is 54.9 Å². The fraction of sp³-hybridized carbons (Fsp3) is 0.100. The molecule has 0 unspecified atom stereocenters. The zero-order valence-electron chi connectivity index (χ0n) is 14.9. The van der Waals surface area contributed by atoms with E-state index in [2.05, 4.69) is 21.8 Å². The quantitative estimate of drug-likeness (QED) is 0.438. The van der Waals surface area contributed by atoms with E-state index in [1.54, 1.807) is 12.1 Å². The smallest absolute Gasteiger partial charge is 0.270 e. The molecule has 3 rings (SSSR count). The van der Waals surface area contributed by atoms with Gasteiger partial charge in [0.15, 0.2) is 0 Å². The molecule has 7 nitrogen and oxygen atoms in total. The van der Waals surface area contributed by atoms with Gasteiger partial charge in [0, 0.05) is 37.5 Å². The summed E-state index contributed by atoms with van der Waals surface area (Å²) in [6, 6.07) is 13.9. The maximum atomic E-state index is 11.1. The topological polar surface area (TPSA) is 98.2 Å². The highest BCUT2D eigenvalue weighted by Crippen LogP contribution is 2.29. The van der Waals surface area contributed by atoms with Crippen molar-refractivity contribution in [2.24, 2.45) is 0 Å². The molecule has 0 aliphatic carbocycles. The number of nitrogens with two attached hydrogens (primary N) is 1. The predicted molar refractivity (Wildman–Crippen MR) is 105 cm³/mol. The van der Waals surface area contributed by atoms with Crippen LogP contribution in [0.2, 0.25) is 0 Å². The third-order valence-electron chi connectivity index (χ3n) is 3.93. The van der Waals surface area contributed by atoms with Crippen molar-refractivity contribution < 1.29 is 4.92 Å². The van der Waals surface area contributed by atoms with Crippen molar-refractivity contribution in [1.29, 1.82) is 0 Å². The highest BCUT2D eigenvalue weighted by molar-refractivity contribution is 5.79. The summed E-state index contributed by atoms with van der Waals surface area (Å²) in [5.74, 6) is 6.28. The van der Waals surface area contributed by atoms with Crippen molar-refractivity contribution in [2.45, 2.75) is 0 Å².